The Morgan fingerprint density at radius 2 is 2.00 bits per heavy atom. The van der Waals surface area contributed by atoms with Gasteiger partial charge in [-0.3, -0.25) is 0 Å². The molecule has 2 aromatic carbocycles. The zero-order chi connectivity index (χ0) is 13.9. The van der Waals surface area contributed by atoms with E-state index in [0.717, 1.165) is 17.3 Å². The molecule has 4 heteroatoms. The summed E-state index contributed by atoms with van der Waals surface area (Å²) in [5.74, 6) is 0.581. The Kier molecular flexibility index (Phi) is 3.21. The number of ether oxygens (including phenoxy) is 1. The van der Waals surface area contributed by atoms with Crippen molar-refractivity contribution in [1.82, 2.24) is 9.97 Å². The highest BCUT2D eigenvalue weighted by atomic mass is 16.5. The third-order valence-corrected chi connectivity index (χ3v) is 3.15. The van der Waals surface area contributed by atoms with Crippen molar-refractivity contribution in [1.29, 1.82) is 0 Å². The predicted molar refractivity (Wildman–Crippen MR) is 79.8 cm³/mol. The molecule has 0 fully saturated rings. The van der Waals surface area contributed by atoms with E-state index in [9.17, 15) is 0 Å². The zero-order valence-corrected chi connectivity index (χ0v) is 11.2. The smallest absolute Gasteiger partial charge is 0.322 e. The summed E-state index contributed by atoms with van der Waals surface area (Å²) in [6.45, 7) is 2.09. The van der Waals surface area contributed by atoms with Crippen molar-refractivity contribution < 1.29 is 4.74 Å². The van der Waals surface area contributed by atoms with Gasteiger partial charge < -0.3 is 10.5 Å². The van der Waals surface area contributed by atoms with E-state index in [1.54, 1.807) is 6.20 Å². The number of hydrogen-bond acceptors (Lipinski definition) is 4. The van der Waals surface area contributed by atoms with Crippen molar-refractivity contribution >= 4 is 16.6 Å². The van der Waals surface area contributed by atoms with Gasteiger partial charge in [-0.1, -0.05) is 31.2 Å². The van der Waals surface area contributed by atoms with E-state index >= 15 is 0 Å². The molecule has 0 aliphatic carbocycles. The van der Waals surface area contributed by atoms with Gasteiger partial charge in [0.15, 0.2) is 5.75 Å². The van der Waals surface area contributed by atoms with Crippen LogP contribution < -0.4 is 10.5 Å². The number of fused-ring (bicyclic) bond motifs is 1. The predicted octanol–water partition coefficient (Wildman–Crippen LogP) is 3.57. The van der Waals surface area contributed by atoms with Gasteiger partial charge >= 0.3 is 6.01 Å². The molecule has 0 atom stereocenters. The van der Waals surface area contributed by atoms with Crippen molar-refractivity contribution in [2.24, 2.45) is 0 Å². The van der Waals surface area contributed by atoms with Gasteiger partial charge in [-0.05, 0) is 30.2 Å². The van der Waals surface area contributed by atoms with Gasteiger partial charge in [-0.15, -0.1) is 0 Å². The average molecular weight is 265 g/mol. The van der Waals surface area contributed by atoms with E-state index in [2.05, 4.69) is 16.9 Å². The van der Waals surface area contributed by atoms with E-state index in [-0.39, 0.29) is 0 Å². The number of aromatic nitrogens is 2. The molecule has 4 nitrogen and oxygen atoms in total. The topological polar surface area (TPSA) is 61.0 Å². The average Bonchev–Trinajstić information content (AvgIpc) is 2.49. The lowest BCUT2D eigenvalue weighted by Crippen LogP contribution is -1.97. The molecule has 20 heavy (non-hydrogen) atoms. The molecular weight excluding hydrogens is 250 g/mol. The lowest BCUT2D eigenvalue weighted by molar-refractivity contribution is 0.446. The van der Waals surface area contributed by atoms with Crippen LogP contribution in [0, 0.1) is 0 Å². The number of hydrogen-bond donors (Lipinski definition) is 1. The molecule has 0 unspecified atom stereocenters. The van der Waals surface area contributed by atoms with Crippen LogP contribution in [0.15, 0.2) is 48.7 Å². The number of aryl methyl sites for hydroxylation is 1. The molecule has 0 aliphatic rings. The summed E-state index contributed by atoms with van der Waals surface area (Å²) in [5.41, 5.74) is 8.60. The normalized spacial score (nSPS) is 10.7. The summed E-state index contributed by atoms with van der Waals surface area (Å²) in [7, 11) is 0. The van der Waals surface area contributed by atoms with Crippen molar-refractivity contribution in [3.8, 4) is 11.8 Å². The second-order valence-electron chi connectivity index (χ2n) is 4.54. The molecule has 0 amide bonds. The molecule has 0 spiro atoms. The van der Waals surface area contributed by atoms with Crippen LogP contribution in [0.4, 0.5) is 5.69 Å². The van der Waals surface area contributed by atoms with Crippen LogP contribution in [0.5, 0.6) is 11.8 Å². The summed E-state index contributed by atoms with van der Waals surface area (Å²) in [6, 6.07) is 13.8. The minimum absolute atomic E-state index is 0.305. The van der Waals surface area contributed by atoms with E-state index in [1.165, 1.54) is 5.56 Å². The van der Waals surface area contributed by atoms with Gasteiger partial charge in [-0.25, -0.2) is 4.98 Å². The van der Waals surface area contributed by atoms with Gasteiger partial charge in [-0.2, -0.15) is 4.98 Å². The minimum atomic E-state index is 0.305. The number of rotatable bonds is 3. The Morgan fingerprint density at radius 1 is 1.15 bits per heavy atom. The number of benzene rings is 2. The fourth-order valence-electron chi connectivity index (χ4n) is 2.01. The maximum atomic E-state index is 5.98. The Balaban J connectivity index is 1.92. The van der Waals surface area contributed by atoms with E-state index < -0.39 is 0 Å². The minimum Gasteiger partial charge on any atom is -0.422 e. The summed E-state index contributed by atoms with van der Waals surface area (Å²) >= 11 is 0. The van der Waals surface area contributed by atoms with Gasteiger partial charge in [0.05, 0.1) is 11.2 Å². The second-order valence-corrected chi connectivity index (χ2v) is 4.54. The zero-order valence-electron chi connectivity index (χ0n) is 11.2. The first kappa shape index (κ1) is 12.4. The highest BCUT2D eigenvalue weighted by Crippen LogP contribution is 2.27. The number of nitrogen functional groups attached to an aromatic ring is 1. The first-order valence-corrected chi connectivity index (χ1v) is 6.54. The first-order chi connectivity index (χ1) is 9.76. The molecular formula is C16H15N3O. The maximum absolute atomic E-state index is 5.98. The molecule has 0 saturated heterocycles. The monoisotopic (exact) mass is 265 g/mol. The van der Waals surface area contributed by atoms with Crippen LogP contribution in [-0.4, -0.2) is 9.97 Å². The molecule has 100 valence electrons. The molecule has 1 aromatic heterocycles. The highest BCUT2D eigenvalue weighted by Gasteiger charge is 2.06. The Labute approximate surface area is 117 Å². The van der Waals surface area contributed by atoms with Crippen LogP contribution in [0.1, 0.15) is 12.5 Å². The molecule has 3 aromatic rings. The molecule has 2 N–H and O–H groups in total. The standard InChI is InChI=1S/C16H15N3O/c1-2-11-7-8-15(13(17)9-11)20-16-18-10-12-5-3-4-6-14(12)19-16/h3-10H,2,17H2,1H3. The van der Waals surface area contributed by atoms with Crippen LogP contribution >= 0.6 is 0 Å². The summed E-state index contributed by atoms with van der Waals surface area (Å²) in [6.07, 6.45) is 2.69. The van der Waals surface area contributed by atoms with Gasteiger partial charge in [0, 0.05) is 11.6 Å². The van der Waals surface area contributed by atoms with Gasteiger partial charge in [0.25, 0.3) is 0 Å². The highest BCUT2D eigenvalue weighted by molar-refractivity contribution is 5.77. The SMILES string of the molecule is CCc1ccc(Oc2ncc3ccccc3n2)c(N)c1. The quantitative estimate of drug-likeness (QED) is 0.735. The van der Waals surface area contributed by atoms with Crippen molar-refractivity contribution in [2.75, 3.05) is 5.73 Å². The fraction of sp³-hybridized carbons (Fsp3) is 0.125. The van der Waals surface area contributed by atoms with Gasteiger partial charge in [0.2, 0.25) is 0 Å². The Morgan fingerprint density at radius 3 is 2.80 bits per heavy atom. The van der Waals surface area contributed by atoms with E-state index in [0.29, 0.717) is 17.4 Å². The van der Waals surface area contributed by atoms with E-state index in [1.807, 2.05) is 42.5 Å². The maximum Gasteiger partial charge on any atom is 0.322 e. The Hall–Kier alpha value is -2.62. The molecule has 0 bridgehead atoms. The molecule has 1 heterocycles. The summed E-state index contributed by atoms with van der Waals surface area (Å²) in [5, 5.41) is 0.981. The third kappa shape index (κ3) is 2.40. The summed E-state index contributed by atoms with van der Waals surface area (Å²) in [4.78, 5) is 8.56. The molecule has 0 radical (unpaired) electrons. The fourth-order valence-corrected chi connectivity index (χ4v) is 2.01. The first-order valence-electron chi connectivity index (χ1n) is 6.54. The Bertz CT molecular complexity index is 756. The lowest BCUT2D eigenvalue weighted by Gasteiger charge is -2.08. The largest absolute Gasteiger partial charge is 0.422 e. The van der Waals surface area contributed by atoms with Crippen LogP contribution in [0.3, 0.4) is 0 Å². The van der Waals surface area contributed by atoms with E-state index in [4.69, 9.17) is 10.5 Å². The number of nitrogens with zero attached hydrogens (tertiary/aromatic N) is 2. The molecule has 0 aliphatic heterocycles. The lowest BCUT2D eigenvalue weighted by atomic mass is 10.1. The number of nitrogens with two attached hydrogens (primary N) is 1. The van der Waals surface area contributed by atoms with Crippen molar-refractivity contribution in [2.45, 2.75) is 13.3 Å². The molecule has 0 saturated carbocycles. The number of anilines is 1. The second kappa shape index (κ2) is 5.17. The van der Waals surface area contributed by atoms with Crippen LogP contribution in [0.25, 0.3) is 10.9 Å². The summed E-state index contributed by atoms with van der Waals surface area (Å²) < 4.78 is 5.67. The van der Waals surface area contributed by atoms with Crippen LogP contribution in [0.2, 0.25) is 0 Å². The van der Waals surface area contributed by atoms with Crippen LogP contribution in [-0.2, 0) is 6.42 Å². The number of para-hydroxylation sites is 1. The van der Waals surface area contributed by atoms with Crippen molar-refractivity contribution in [3.63, 3.8) is 0 Å². The van der Waals surface area contributed by atoms with Crippen molar-refractivity contribution in [3.05, 3.63) is 54.2 Å². The molecule has 3 rings (SSSR count). The third-order valence-electron chi connectivity index (χ3n) is 3.15. The van der Waals surface area contributed by atoms with Gasteiger partial charge in [0.1, 0.15) is 0 Å².